The molecule has 7 heteroatoms. The van der Waals surface area contributed by atoms with Crippen molar-refractivity contribution < 1.29 is 19.4 Å². The van der Waals surface area contributed by atoms with E-state index in [-0.39, 0.29) is 18.0 Å². The lowest BCUT2D eigenvalue weighted by atomic mass is 9.86. The Kier molecular flexibility index (Phi) is 7.50. The Morgan fingerprint density at radius 1 is 1.32 bits per heavy atom. The van der Waals surface area contributed by atoms with Crippen molar-refractivity contribution in [3.05, 3.63) is 23.9 Å². The molecular formula is C18H27N3O4. The molecule has 1 aliphatic rings. The largest absolute Gasteiger partial charge is 0.481 e. The van der Waals surface area contributed by atoms with Gasteiger partial charge in [-0.2, -0.15) is 0 Å². The molecule has 1 aromatic heterocycles. The number of carboxylic acid groups (broad SMARTS) is 1. The van der Waals surface area contributed by atoms with Crippen LogP contribution in [0.2, 0.25) is 0 Å². The van der Waals surface area contributed by atoms with Gasteiger partial charge in [-0.3, -0.25) is 4.79 Å². The molecule has 0 bridgehead atoms. The molecule has 0 spiro atoms. The zero-order valence-electron chi connectivity index (χ0n) is 14.7. The summed E-state index contributed by atoms with van der Waals surface area (Å²) in [5.41, 5.74) is 0.836. The van der Waals surface area contributed by atoms with Crippen molar-refractivity contribution in [1.82, 2.24) is 15.6 Å². The molecule has 0 saturated heterocycles. The highest BCUT2D eigenvalue weighted by Crippen LogP contribution is 2.24. The maximum Gasteiger partial charge on any atom is 0.315 e. The van der Waals surface area contributed by atoms with Gasteiger partial charge in [0.15, 0.2) is 0 Å². The van der Waals surface area contributed by atoms with Crippen LogP contribution >= 0.6 is 0 Å². The van der Waals surface area contributed by atoms with E-state index in [4.69, 9.17) is 9.84 Å². The van der Waals surface area contributed by atoms with Crippen LogP contribution in [0, 0.1) is 5.92 Å². The first-order valence-electron chi connectivity index (χ1n) is 8.94. The minimum absolute atomic E-state index is 0.0322. The van der Waals surface area contributed by atoms with Crippen molar-refractivity contribution in [1.29, 1.82) is 0 Å². The number of carboxylic acids is 1. The third kappa shape index (κ3) is 6.25. The third-order valence-corrected chi connectivity index (χ3v) is 4.44. The van der Waals surface area contributed by atoms with Crippen LogP contribution < -0.4 is 15.4 Å². The summed E-state index contributed by atoms with van der Waals surface area (Å²) in [6.45, 7) is 3.05. The van der Waals surface area contributed by atoms with E-state index in [2.05, 4.69) is 22.5 Å². The molecule has 3 N–H and O–H groups in total. The first-order valence-corrected chi connectivity index (χ1v) is 8.94. The summed E-state index contributed by atoms with van der Waals surface area (Å²) in [6.07, 6.45) is 6.30. The number of carbonyl (C=O) groups excluding carboxylic acids is 1. The summed E-state index contributed by atoms with van der Waals surface area (Å²) < 4.78 is 5.66. The van der Waals surface area contributed by atoms with Crippen molar-refractivity contribution in [3.8, 4) is 5.88 Å². The number of unbranched alkanes of at least 4 members (excludes halogenated alkanes) is 1. The second-order valence-electron chi connectivity index (χ2n) is 6.38. The average molecular weight is 349 g/mol. The van der Waals surface area contributed by atoms with Crippen LogP contribution in [0.5, 0.6) is 5.88 Å². The monoisotopic (exact) mass is 349 g/mol. The number of amides is 2. The molecule has 1 heterocycles. The highest BCUT2D eigenvalue weighted by molar-refractivity contribution is 5.74. The summed E-state index contributed by atoms with van der Waals surface area (Å²) in [5, 5.41) is 14.7. The van der Waals surface area contributed by atoms with E-state index < -0.39 is 5.97 Å². The minimum Gasteiger partial charge on any atom is -0.481 e. The Morgan fingerprint density at radius 3 is 2.76 bits per heavy atom. The van der Waals surface area contributed by atoms with E-state index in [1.807, 2.05) is 12.1 Å². The standard InChI is InChI=1S/C18H27N3O4/c1-2-3-11-25-16-14(5-4-10-19-16)12-20-18(24)21-15-8-6-13(7-9-15)17(22)23/h4-5,10,13,15H,2-3,6-9,11-12H2,1H3,(H,22,23)(H2,20,21,24). The molecule has 1 aromatic rings. The quantitative estimate of drug-likeness (QED) is 0.627. The fourth-order valence-corrected chi connectivity index (χ4v) is 2.90. The second kappa shape index (κ2) is 9.86. The van der Waals surface area contributed by atoms with Gasteiger partial charge in [0.2, 0.25) is 5.88 Å². The number of aromatic nitrogens is 1. The third-order valence-electron chi connectivity index (χ3n) is 4.44. The SMILES string of the molecule is CCCCOc1ncccc1CNC(=O)NC1CCC(C(=O)O)CC1. The highest BCUT2D eigenvalue weighted by atomic mass is 16.5. The van der Waals surface area contributed by atoms with Crippen LogP contribution in [0.4, 0.5) is 4.79 Å². The van der Waals surface area contributed by atoms with Gasteiger partial charge in [-0.15, -0.1) is 0 Å². The molecule has 2 rings (SSSR count). The molecule has 7 nitrogen and oxygen atoms in total. The number of hydrogen-bond donors (Lipinski definition) is 3. The van der Waals surface area contributed by atoms with Gasteiger partial charge in [-0.25, -0.2) is 9.78 Å². The number of urea groups is 1. The van der Waals surface area contributed by atoms with Gasteiger partial charge in [0.1, 0.15) is 0 Å². The molecule has 2 amide bonds. The number of nitrogens with zero attached hydrogens (tertiary/aromatic N) is 1. The van der Waals surface area contributed by atoms with Gasteiger partial charge < -0.3 is 20.5 Å². The molecule has 0 unspecified atom stereocenters. The Bertz CT molecular complexity index is 571. The molecule has 0 radical (unpaired) electrons. The van der Waals surface area contributed by atoms with Gasteiger partial charge in [-0.1, -0.05) is 19.4 Å². The lowest BCUT2D eigenvalue weighted by Gasteiger charge is -2.26. The smallest absolute Gasteiger partial charge is 0.315 e. The molecule has 0 atom stereocenters. The van der Waals surface area contributed by atoms with Gasteiger partial charge >= 0.3 is 12.0 Å². The zero-order chi connectivity index (χ0) is 18.1. The summed E-state index contributed by atoms with van der Waals surface area (Å²) in [7, 11) is 0. The molecule has 25 heavy (non-hydrogen) atoms. The predicted molar refractivity (Wildman–Crippen MR) is 93.4 cm³/mol. The topological polar surface area (TPSA) is 101 Å². The summed E-state index contributed by atoms with van der Waals surface area (Å²) in [4.78, 5) is 27.2. The molecule has 1 fully saturated rings. The average Bonchev–Trinajstić information content (AvgIpc) is 2.61. The normalized spacial score (nSPS) is 19.9. The van der Waals surface area contributed by atoms with Crippen LogP contribution in [0.15, 0.2) is 18.3 Å². The van der Waals surface area contributed by atoms with Crippen LogP contribution in [0.1, 0.15) is 51.0 Å². The number of carbonyl (C=O) groups is 2. The van der Waals surface area contributed by atoms with Crippen LogP contribution in [-0.4, -0.2) is 34.7 Å². The van der Waals surface area contributed by atoms with E-state index in [0.29, 0.717) is 44.7 Å². The second-order valence-corrected chi connectivity index (χ2v) is 6.38. The molecule has 0 aliphatic heterocycles. The van der Waals surface area contributed by atoms with Gasteiger partial charge in [0.05, 0.1) is 12.5 Å². The van der Waals surface area contributed by atoms with Crippen molar-refractivity contribution >= 4 is 12.0 Å². The predicted octanol–water partition coefficient (Wildman–Crippen LogP) is 2.70. The number of aliphatic carboxylic acids is 1. The molecule has 1 saturated carbocycles. The Labute approximate surface area is 148 Å². The van der Waals surface area contributed by atoms with Crippen LogP contribution in [0.3, 0.4) is 0 Å². The highest BCUT2D eigenvalue weighted by Gasteiger charge is 2.26. The van der Waals surface area contributed by atoms with Crippen molar-refractivity contribution in [3.63, 3.8) is 0 Å². The first kappa shape index (κ1) is 19.0. The fraction of sp³-hybridized carbons (Fsp3) is 0.611. The molecule has 0 aromatic carbocycles. The van der Waals surface area contributed by atoms with Gasteiger partial charge in [0, 0.05) is 24.3 Å². The maximum atomic E-state index is 12.1. The zero-order valence-corrected chi connectivity index (χ0v) is 14.7. The summed E-state index contributed by atoms with van der Waals surface area (Å²) in [5.74, 6) is -0.465. The molecule has 1 aliphatic carbocycles. The molecule has 138 valence electrons. The number of nitrogens with one attached hydrogen (secondary N) is 2. The number of ether oxygens (including phenoxy) is 1. The van der Waals surface area contributed by atoms with E-state index in [1.165, 1.54) is 0 Å². The Hall–Kier alpha value is -2.31. The summed E-state index contributed by atoms with van der Waals surface area (Å²) >= 11 is 0. The van der Waals surface area contributed by atoms with Crippen LogP contribution in [-0.2, 0) is 11.3 Å². The van der Waals surface area contributed by atoms with Crippen molar-refractivity contribution in [2.24, 2.45) is 5.92 Å². The Morgan fingerprint density at radius 2 is 2.08 bits per heavy atom. The van der Waals surface area contributed by atoms with E-state index in [0.717, 1.165) is 18.4 Å². The minimum atomic E-state index is -0.741. The fourth-order valence-electron chi connectivity index (χ4n) is 2.90. The number of pyridine rings is 1. The van der Waals surface area contributed by atoms with Crippen molar-refractivity contribution in [2.45, 2.75) is 58.0 Å². The van der Waals surface area contributed by atoms with E-state index in [1.54, 1.807) is 6.20 Å². The lowest BCUT2D eigenvalue weighted by molar-refractivity contribution is -0.142. The lowest BCUT2D eigenvalue weighted by Crippen LogP contribution is -2.43. The van der Waals surface area contributed by atoms with Gasteiger partial charge in [0.25, 0.3) is 0 Å². The number of hydrogen-bond acceptors (Lipinski definition) is 4. The number of rotatable bonds is 8. The van der Waals surface area contributed by atoms with E-state index >= 15 is 0 Å². The van der Waals surface area contributed by atoms with E-state index in [9.17, 15) is 9.59 Å². The maximum absolute atomic E-state index is 12.1. The van der Waals surface area contributed by atoms with Crippen molar-refractivity contribution in [2.75, 3.05) is 6.61 Å². The first-order chi connectivity index (χ1) is 12.1. The van der Waals surface area contributed by atoms with Gasteiger partial charge in [-0.05, 0) is 38.2 Å². The molecular weight excluding hydrogens is 322 g/mol. The summed E-state index contributed by atoms with van der Waals surface area (Å²) in [6, 6.07) is 3.48. The van der Waals surface area contributed by atoms with Crippen LogP contribution in [0.25, 0.3) is 0 Å². The Balaban J connectivity index is 1.76.